The van der Waals surface area contributed by atoms with Gasteiger partial charge in [-0.05, 0) is 6.07 Å². The quantitative estimate of drug-likeness (QED) is 0.356. The van der Waals surface area contributed by atoms with Crippen LogP contribution in [0.2, 0.25) is 0 Å². The Kier molecular flexibility index (Phi) is 5.60. The number of nitrogens with zero attached hydrogens (tertiary/aromatic N) is 1. The Morgan fingerprint density at radius 2 is 2.44 bits per heavy atom. The number of pyridine rings is 1. The predicted octanol–water partition coefficient (Wildman–Crippen LogP) is 1.84. The van der Waals surface area contributed by atoms with Gasteiger partial charge in [0.1, 0.15) is 5.44 Å². The molecule has 0 aromatic carbocycles. The van der Waals surface area contributed by atoms with Crippen LogP contribution in [0.3, 0.4) is 0 Å². The van der Waals surface area contributed by atoms with Crippen molar-refractivity contribution in [2.24, 2.45) is 0 Å². The molecule has 1 aromatic heterocycles. The van der Waals surface area contributed by atoms with Crippen LogP contribution in [0, 0.1) is 0 Å². The smallest absolute Gasteiger partial charge is 0.316 e. The van der Waals surface area contributed by atoms with Gasteiger partial charge in [-0.15, -0.1) is 19.2 Å². The summed E-state index contributed by atoms with van der Waals surface area (Å²) in [6, 6.07) is 5.09. The standard InChI is InChI=1S/C11H13NO3S/c1-2-7-14-11(16)8-10(13)15-9-5-3-4-6-12-9/h2-6,11,16H,1,7-8H2. The van der Waals surface area contributed by atoms with E-state index < -0.39 is 11.4 Å². The van der Waals surface area contributed by atoms with Crippen molar-refractivity contribution < 1.29 is 14.3 Å². The molecule has 0 aliphatic rings. The molecular formula is C11H13NO3S. The summed E-state index contributed by atoms with van der Waals surface area (Å²) in [5.41, 5.74) is -0.491. The van der Waals surface area contributed by atoms with E-state index in [0.29, 0.717) is 6.61 Å². The van der Waals surface area contributed by atoms with Crippen molar-refractivity contribution in [2.75, 3.05) is 6.61 Å². The van der Waals surface area contributed by atoms with E-state index in [0.717, 1.165) is 0 Å². The van der Waals surface area contributed by atoms with Gasteiger partial charge in [0.05, 0.1) is 13.0 Å². The maximum Gasteiger partial charge on any atom is 0.316 e. The number of hydrogen-bond donors (Lipinski definition) is 1. The Bertz CT molecular complexity index is 342. The van der Waals surface area contributed by atoms with Crippen LogP contribution in [0.4, 0.5) is 0 Å². The van der Waals surface area contributed by atoms with Gasteiger partial charge in [-0.3, -0.25) is 4.79 Å². The molecule has 0 aliphatic carbocycles. The molecule has 0 radical (unpaired) electrons. The number of carbonyl (C=O) groups is 1. The van der Waals surface area contributed by atoms with Crippen molar-refractivity contribution in [1.29, 1.82) is 0 Å². The molecule has 86 valence electrons. The fourth-order valence-corrected chi connectivity index (χ4v) is 1.18. The van der Waals surface area contributed by atoms with Crippen LogP contribution < -0.4 is 4.74 Å². The number of aromatic nitrogens is 1. The first-order valence-corrected chi connectivity index (χ1v) is 5.26. The molecule has 0 bridgehead atoms. The molecule has 1 unspecified atom stereocenters. The zero-order valence-electron chi connectivity index (χ0n) is 8.70. The molecule has 5 heteroatoms. The highest BCUT2D eigenvalue weighted by atomic mass is 32.1. The molecule has 1 heterocycles. The highest BCUT2D eigenvalue weighted by Crippen LogP contribution is 2.08. The molecule has 0 fully saturated rings. The van der Waals surface area contributed by atoms with Gasteiger partial charge in [-0.25, -0.2) is 4.98 Å². The summed E-state index contributed by atoms with van der Waals surface area (Å²) in [4.78, 5) is 15.2. The Morgan fingerprint density at radius 3 is 3.06 bits per heavy atom. The average Bonchev–Trinajstić information content (AvgIpc) is 2.27. The Labute approximate surface area is 99.7 Å². The Balaban J connectivity index is 2.33. The second-order valence-corrected chi connectivity index (χ2v) is 3.50. The van der Waals surface area contributed by atoms with Crippen LogP contribution in [-0.2, 0) is 9.53 Å². The number of ether oxygens (including phenoxy) is 2. The van der Waals surface area contributed by atoms with Crippen LogP contribution in [-0.4, -0.2) is 23.0 Å². The van der Waals surface area contributed by atoms with Gasteiger partial charge < -0.3 is 9.47 Å². The molecule has 0 N–H and O–H groups in total. The summed E-state index contributed by atoms with van der Waals surface area (Å²) in [7, 11) is 0. The molecule has 0 saturated heterocycles. The zero-order chi connectivity index (χ0) is 11.8. The molecule has 4 nitrogen and oxygen atoms in total. The molecule has 0 amide bonds. The van der Waals surface area contributed by atoms with Gasteiger partial charge >= 0.3 is 5.97 Å². The summed E-state index contributed by atoms with van der Waals surface area (Å²) in [6.45, 7) is 3.85. The Morgan fingerprint density at radius 1 is 1.62 bits per heavy atom. The number of hydrogen-bond acceptors (Lipinski definition) is 5. The van der Waals surface area contributed by atoms with E-state index in [4.69, 9.17) is 9.47 Å². The minimum Gasteiger partial charge on any atom is -0.407 e. The lowest BCUT2D eigenvalue weighted by molar-refractivity contribution is -0.136. The van der Waals surface area contributed by atoms with E-state index in [1.165, 1.54) is 0 Å². The number of rotatable bonds is 6. The largest absolute Gasteiger partial charge is 0.407 e. The highest BCUT2D eigenvalue weighted by Gasteiger charge is 2.12. The van der Waals surface area contributed by atoms with Crippen molar-refractivity contribution in [3.63, 3.8) is 0 Å². The van der Waals surface area contributed by atoms with Gasteiger partial charge in [0.15, 0.2) is 0 Å². The fourth-order valence-electron chi connectivity index (χ4n) is 0.946. The van der Waals surface area contributed by atoms with Crippen LogP contribution in [0.5, 0.6) is 5.88 Å². The highest BCUT2D eigenvalue weighted by molar-refractivity contribution is 7.80. The van der Waals surface area contributed by atoms with Crippen LogP contribution in [0.1, 0.15) is 6.42 Å². The lowest BCUT2D eigenvalue weighted by atomic mass is 10.4. The third-order valence-electron chi connectivity index (χ3n) is 1.60. The number of esters is 1. The lowest BCUT2D eigenvalue weighted by Crippen LogP contribution is -2.17. The van der Waals surface area contributed by atoms with Crippen molar-refractivity contribution >= 4 is 18.6 Å². The van der Waals surface area contributed by atoms with Gasteiger partial charge in [0.2, 0.25) is 5.88 Å². The van der Waals surface area contributed by atoms with Gasteiger partial charge in [0.25, 0.3) is 0 Å². The maximum absolute atomic E-state index is 11.4. The molecule has 0 saturated carbocycles. The average molecular weight is 239 g/mol. The lowest BCUT2D eigenvalue weighted by Gasteiger charge is -2.09. The number of thiol groups is 1. The maximum atomic E-state index is 11.4. The van der Waals surface area contributed by atoms with E-state index in [1.54, 1.807) is 30.5 Å². The van der Waals surface area contributed by atoms with E-state index in [2.05, 4.69) is 24.2 Å². The molecule has 0 spiro atoms. The summed E-state index contributed by atoms with van der Waals surface area (Å²) in [6.07, 6.45) is 3.20. The second kappa shape index (κ2) is 7.03. The van der Waals surface area contributed by atoms with Crippen molar-refractivity contribution in [3.05, 3.63) is 37.1 Å². The zero-order valence-corrected chi connectivity index (χ0v) is 9.60. The summed E-state index contributed by atoms with van der Waals surface area (Å²) >= 11 is 4.08. The number of carbonyl (C=O) groups excluding carboxylic acids is 1. The molecule has 0 aliphatic heterocycles. The second-order valence-electron chi connectivity index (χ2n) is 2.92. The van der Waals surface area contributed by atoms with E-state index in [9.17, 15) is 4.79 Å². The van der Waals surface area contributed by atoms with Crippen LogP contribution in [0.15, 0.2) is 37.1 Å². The fraction of sp³-hybridized carbons (Fsp3) is 0.273. The normalized spacial score (nSPS) is 11.8. The molecule has 1 rings (SSSR count). The van der Waals surface area contributed by atoms with Gasteiger partial charge in [0, 0.05) is 12.3 Å². The first-order chi connectivity index (χ1) is 7.72. The first-order valence-electron chi connectivity index (χ1n) is 4.74. The minimum absolute atomic E-state index is 0.0630. The predicted molar refractivity (Wildman–Crippen MR) is 63.4 cm³/mol. The molecule has 16 heavy (non-hydrogen) atoms. The SMILES string of the molecule is C=CCOC(S)CC(=O)Oc1ccccn1. The van der Waals surface area contributed by atoms with Crippen LogP contribution in [0.25, 0.3) is 0 Å². The minimum atomic E-state index is -0.491. The van der Waals surface area contributed by atoms with Crippen molar-refractivity contribution in [1.82, 2.24) is 4.98 Å². The van der Waals surface area contributed by atoms with Gasteiger partial charge in [-0.1, -0.05) is 12.1 Å². The molecular weight excluding hydrogens is 226 g/mol. The summed E-state index contributed by atoms with van der Waals surface area (Å²) < 4.78 is 10.1. The summed E-state index contributed by atoms with van der Waals surface area (Å²) in [5.74, 6) is -0.153. The van der Waals surface area contributed by atoms with Crippen molar-refractivity contribution in [2.45, 2.75) is 11.9 Å². The van der Waals surface area contributed by atoms with Crippen LogP contribution >= 0.6 is 12.6 Å². The monoisotopic (exact) mass is 239 g/mol. The molecule has 1 aromatic rings. The topological polar surface area (TPSA) is 48.4 Å². The van der Waals surface area contributed by atoms with Gasteiger partial charge in [-0.2, -0.15) is 0 Å². The van der Waals surface area contributed by atoms with E-state index >= 15 is 0 Å². The summed E-state index contributed by atoms with van der Waals surface area (Å²) in [5, 5.41) is 0. The first kappa shape index (κ1) is 12.7. The van der Waals surface area contributed by atoms with Crippen molar-refractivity contribution in [3.8, 4) is 5.88 Å². The van der Waals surface area contributed by atoms with E-state index in [1.807, 2.05) is 0 Å². The third kappa shape index (κ3) is 4.95. The third-order valence-corrected chi connectivity index (χ3v) is 1.94. The molecule has 1 atom stereocenters. The van der Waals surface area contributed by atoms with E-state index in [-0.39, 0.29) is 12.3 Å². The Hall–Kier alpha value is -1.33.